The quantitative estimate of drug-likeness (QED) is 0.759. The lowest BCUT2D eigenvalue weighted by Crippen LogP contribution is -2.15. The summed E-state index contributed by atoms with van der Waals surface area (Å²) in [5.74, 6) is -0.293. The predicted molar refractivity (Wildman–Crippen MR) is 78.5 cm³/mol. The van der Waals surface area contributed by atoms with E-state index in [1.54, 1.807) is 24.3 Å². The summed E-state index contributed by atoms with van der Waals surface area (Å²) in [5, 5.41) is 12.7. The van der Waals surface area contributed by atoms with Crippen LogP contribution < -0.4 is 15.8 Å². The Hall–Kier alpha value is -2.40. The second-order valence-electron chi connectivity index (χ2n) is 4.07. The minimum Gasteiger partial charge on any atom is -0.508 e. The van der Waals surface area contributed by atoms with Crippen molar-refractivity contribution in [3.05, 3.63) is 47.0 Å². The third-order valence-corrected chi connectivity index (χ3v) is 2.92. The number of nitrogens with one attached hydrogen (secondary N) is 1. The molecule has 4 N–H and O–H groups in total. The molecule has 0 bridgehead atoms. The minimum atomic E-state index is -0.429. The Kier molecular flexibility index (Phi) is 4.00. The molecule has 5 nitrogen and oxygen atoms in total. The number of ether oxygens (including phenoxy) is 1. The van der Waals surface area contributed by atoms with Crippen molar-refractivity contribution >= 4 is 28.9 Å². The lowest BCUT2D eigenvalue weighted by molar-refractivity contribution is 0.102. The Labute approximate surface area is 120 Å². The van der Waals surface area contributed by atoms with Crippen molar-refractivity contribution < 1.29 is 14.6 Å². The molecule has 0 saturated heterocycles. The monoisotopic (exact) mass is 292 g/mol. The van der Waals surface area contributed by atoms with Gasteiger partial charge in [0, 0.05) is 22.8 Å². The van der Waals surface area contributed by atoms with Crippen LogP contribution in [0.2, 0.25) is 5.02 Å². The number of methoxy groups -OCH3 is 1. The van der Waals surface area contributed by atoms with Crippen LogP contribution in [0.3, 0.4) is 0 Å². The van der Waals surface area contributed by atoms with Crippen LogP contribution >= 0.6 is 11.6 Å². The highest BCUT2D eigenvalue weighted by atomic mass is 35.5. The lowest BCUT2D eigenvalue weighted by atomic mass is 10.1. The Morgan fingerprint density at radius 1 is 1.30 bits per heavy atom. The van der Waals surface area contributed by atoms with Crippen LogP contribution in [0.5, 0.6) is 11.5 Å². The van der Waals surface area contributed by atoms with E-state index in [1.165, 1.54) is 19.2 Å². The highest BCUT2D eigenvalue weighted by Crippen LogP contribution is 2.30. The average Bonchev–Trinajstić information content (AvgIpc) is 2.40. The van der Waals surface area contributed by atoms with Crippen LogP contribution in [0.15, 0.2) is 36.4 Å². The zero-order valence-electron chi connectivity index (χ0n) is 10.7. The molecule has 2 aromatic rings. The number of nitrogen functional groups attached to an aromatic ring is 1. The maximum Gasteiger partial charge on any atom is 0.261 e. The van der Waals surface area contributed by atoms with E-state index >= 15 is 0 Å². The molecule has 104 valence electrons. The van der Waals surface area contributed by atoms with E-state index in [9.17, 15) is 9.90 Å². The zero-order chi connectivity index (χ0) is 14.7. The number of rotatable bonds is 3. The Bertz CT molecular complexity index is 642. The smallest absolute Gasteiger partial charge is 0.261 e. The zero-order valence-corrected chi connectivity index (χ0v) is 11.4. The maximum atomic E-state index is 12.2. The van der Waals surface area contributed by atoms with Crippen LogP contribution in [-0.2, 0) is 0 Å². The van der Waals surface area contributed by atoms with E-state index in [2.05, 4.69) is 5.32 Å². The molecule has 0 atom stereocenters. The van der Waals surface area contributed by atoms with Gasteiger partial charge in [-0.1, -0.05) is 11.6 Å². The van der Waals surface area contributed by atoms with E-state index in [0.29, 0.717) is 10.7 Å². The van der Waals surface area contributed by atoms with Crippen molar-refractivity contribution in [3.8, 4) is 11.5 Å². The summed E-state index contributed by atoms with van der Waals surface area (Å²) in [5.41, 5.74) is 6.63. The van der Waals surface area contributed by atoms with Gasteiger partial charge in [0.1, 0.15) is 17.1 Å². The van der Waals surface area contributed by atoms with Gasteiger partial charge >= 0.3 is 0 Å². The van der Waals surface area contributed by atoms with Crippen LogP contribution in [0.1, 0.15) is 10.4 Å². The Morgan fingerprint density at radius 2 is 1.95 bits per heavy atom. The Morgan fingerprint density at radius 3 is 2.55 bits per heavy atom. The number of amides is 1. The number of hydrogen-bond donors (Lipinski definition) is 3. The molecule has 2 rings (SSSR count). The van der Waals surface area contributed by atoms with E-state index in [0.717, 1.165) is 0 Å². The number of aromatic hydroxyl groups is 1. The standard InChI is InChI=1S/C14H13ClN2O3/c1-20-12-7-10(18)6-11(16)13(12)14(19)17-9-4-2-8(15)3-5-9/h2-7,18H,16H2,1H3,(H,17,19). The first-order valence-corrected chi connectivity index (χ1v) is 6.12. The molecule has 1 amide bonds. The first-order valence-electron chi connectivity index (χ1n) is 5.74. The van der Waals surface area contributed by atoms with Gasteiger partial charge in [-0.3, -0.25) is 4.79 Å². The fourth-order valence-corrected chi connectivity index (χ4v) is 1.88. The summed E-state index contributed by atoms with van der Waals surface area (Å²) in [6, 6.07) is 9.28. The second kappa shape index (κ2) is 5.71. The first kappa shape index (κ1) is 14.0. The topological polar surface area (TPSA) is 84.6 Å². The summed E-state index contributed by atoms with van der Waals surface area (Å²) in [4.78, 5) is 12.2. The molecule has 6 heteroatoms. The van der Waals surface area contributed by atoms with E-state index < -0.39 is 5.91 Å². The number of nitrogens with two attached hydrogens (primary N) is 1. The van der Waals surface area contributed by atoms with Gasteiger partial charge in [-0.25, -0.2) is 0 Å². The van der Waals surface area contributed by atoms with E-state index in [1.807, 2.05) is 0 Å². The van der Waals surface area contributed by atoms with Gasteiger partial charge in [0.15, 0.2) is 0 Å². The molecule has 0 aliphatic rings. The number of carbonyl (C=O) groups excluding carboxylic acids is 1. The van der Waals surface area contributed by atoms with Gasteiger partial charge in [0.05, 0.1) is 12.8 Å². The fraction of sp³-hybridized carbons (Fsp3) is 0.0714. The number of phenolic OH excluding ortho intramolecular Hbond substituents is 1. The summed E-state index contributed by atoms with van der Waals surface area (Å²) < 4.78 is 5.06. The van der Waals surface area contributed by atoms with Gasteiger partial charge in [-0.2, -0.15) is 0 Å². The highest BCUT2D eigenvalue weighted by molar-refractivity contribution is 6.30. The molecule has 0 heterocycles. The third kappa shape index (κ3) is 2.95. The average molecular weight is 293 g/mol. The summed E-state index contributed by atoms with van der Waals surface area (Å²) in [6.07, 6.45) is 0. The third-order valence-electron chi connectivity index (χ3n) is 2.67. The summed E-state index contributed by atoms with van der Waals surface area (Å²) in [6.45, 7) is 0. The Balaban J connectivity index is 2.31. The van der Waals surface area contributed by atoms with E-state index in [4.69, 9.17) is 22.1 Å². The summed E-state index contributed by atoms with van der Waals surface area (Å²) in [7, 11) is 1.40. The van der Waals surface area contributed by atoms with Crippen LogP contribution in [0.25, 0.3) is 0 Å². The molecule has 2 aromatic carbocycles. The molecule has 0 aliphatic heterocycles. The molecular formula is C14H13ClN2O3. The number of hydrogen-bond acceptors (Lipinski definition) is 4. The molecule has 0 aliphatic carbocycles. The van der Waals surface area contributed by atoms with Crippen molar-refractivity contribution in [3.63, 3.8) is 0 Å². The predicted octanol–water partition coefficient (Wildman–Crippen LogP) is 2.89. The number of anilines is 2. The molecular weight excluding hydrogens is 280 g/mol. The van der Waals surface area contributed by atoms with Gasteiger partial charge < -0.3 is 20.9 Å². The van der Waals surface area contributed by atoms with Crippen LogP contribution in [0.4, 0.5) is 11.4 Å². The molecule has 0 spiro atoms. The van der Waals surface area contributed by atoms with Gasteiger partial charge in [-0.15, -0.1) is 0 Å². The number of phenols is 1. The lowest BCUT2D eigenvalue weighted by Gasteiger charge is -2.12. The van der Waals surface area contributed by atoms with Crippen molar-refractivity contribution in [1.82, 2.24) is 0 Å². The van der Waals surface area contributed by atoms with Crippen molar-refractivity contribution in [1.29, 1.82) is 0 Å². The molecule has 0 fully saturated rings. The van der Waals surface area contributed by atoms with Crippen LogP contribution in [0, 0.1) is 0 Å². The van der Waals surface area contributed by atoms with Crippen LogP contribution in [-0.4, -0.2) is 18.1 Å². The van der Waals surface area contributed by atoms with Gasteiger partial charge in [0.2, 0.25) is 0 Å². The molecule has 0 aromatic heterocycles. The SMILES string of the molecule is COc1cc(O)cc(N)c1C(=O)Nc1ccc(Cl)cc1. The molecule has 0 radical (unpaired) electrons. The largest absolute Gasteiger partial charge is 0.508 e. The number of halogens is 1. The van der Waals surface area contributed by atoms with Crippen molar-refractivity contribution in [2.24, 2.45) is 0 Å². The van der Waals surface area contributed by atoms with Gasteiger partial charge in [0.25, 0.3) is 5.91 Å². The van der Waals surface area contributed by atoms with E-state index in [-0.39, 0.29) is 22.7 Å². The normalized spacial score (nSPS) is 10.1. The highest BCUT2D eigenvalue weighted by Gasteiger charge is 2.17. The minimum absolute atomic E-state index is 0.0672. The molecule has 0 unspecified atom stereocenters. The fourth-order valence-electron chi connectivity index (χ4n) is 1.75. The van der Waals surface area contributed by atoms with Crippen molar-refractivity contribution in [2.75, 3.05) is 18.2 Å². The maximum absolute atomic E-state index is 12.2. The first-order chi connectivity index (χ1) is 9.51. The number of benzene rings is 2. The molecule has 20 heavy (non-hydrogen) atoms. The van der Waals surface area contributed by atoms with Crippen molar-refractivity contribution in [2.45, 2.75) is 0 Å². The number of carbonyl (C=O) groups is 1. The molecule has 0 saturated carbocycles. The van der Waals surface area contributed by atoms with Gasteiger partial charge in [-0.05, 0) is 24.3 Å². The summed E-state index contributed by atoms with van der Waals surface area (Å²) >= 11 is 5.78. The second-order valence-corrected chi connectivity index (χ2v) is 4.51.